The molecule has 0 saturated carbocycles. The molecule has 0 aliphatic rings. The molecule has 17 heavy (non-hydrogen) atoms. The summed E-state index contributed by atoms with van der Waals surface area (Å²) < 4.78 is 39.0. The van der Waals surface area contributed by atoms with Crippen molar-refractivity contribution in [3.63, 3.8) is 0 Å². The quantitative estimate of drug-likeness (QED) is 0.750. The van der Waals surface area contributed by atoms with Gasteiger partial charge < -0.3 is 0 Å². The molecule has 0 saturated heterocycles. The summed E-state index contributed by atoms with van der Waals surface area (Å²) in [6.07, 6.45) is 0.545. The van der Waals surface area contributed by atoms with Crippen LogP contribution in [0.25, 0.3) is 0 Å². The summed E-state index contributed by atoms with van der Waals surface area (Å²) in [4.78, 5) is -0.281. The smallest absolute Gasteiger partial charge is 0.207 e. The van der Waals surface area contributed by atoms with Crippen LogP contribution < -0.4 is 0 Å². The molecule has 6 heteroatoms. The number of sulfonamides is 1. The first-order valence-corrected chi connectivity index (χ1v) is 7.32. The van der Waals surface area contributed by atoms with Crippen molar-refractivity contribution >= 4 is 21.6 Å². The minimum atomic E-state index is -3.75. The zero-order valence-electron chi connectivity index (χ0n) is 9.57. The Labute approximate surface area is 106 Å². The van der Waals surface area contributed by atoms with Crippen LogP contribution in [0, 0.1) is 5.82 Å². The molecular weight excluding hydrogens is 265 g/mol. The number of halogens is 2. The van der Waals surface area contributed by atoms with Crippen molar-refractivity contribution < 1.29 is 12.8 Å². The van der Waals surface area contributed by atoms with Gasteiger partial charge in [0.25, 0.3) is 0 Å². The molecule has 0 N–H and O–H groups in total. The molecule has 0 radical (unpaired) electrons. The van der Waals surface area contributed by atoms with Crippen LogP contribution >= 0.6 is 11.6 Å². The van der Waals surface area contributed by atoms with Gasteiger partial charge >= 0.3 is 0 Å². The molecule has 0 amide bonds. The fraction of sp³-hybridized carbons (Fsp3) is 0.455. The third-order valence-corrected chi connectivity index (χ3v) is 4.62. The van der Waals surface area contributed by atoms with E-state index in [2.05, 4.69) is 0 Å². The standard InChI is InChI=1S/C11H15ClFNO2S/c1-2-14(9-5-8-12)17(15,16)11-7-4-3-6-10(11)13/h3-4,6-7H,2,5,8-9H2,1H3. The Balaban J connectivity index is 3.05. The van der Waals surface area contributed by atoms with Gasteiger partial charge in [0.05, 0.1) is 0 Å². The molecule has 0 bridgehead atoms. The second-order valence-electron chi connectivity index (χ2n) is 3.47. The molecule has 0 atom stereocenters. The van der Waals surface area contributed by atoms with Crippen LogP contribution in [-0.2, 0) is 10.0 Å². The summed E-state index contributed by atoms with van der Waals surface area (Å²) in [6.45, 7) is 2.32. The highest BCUT2D eigenvalue weighted by Gasteiger charge is 2.25. The largest absolute Gasteiger partial charge is 0.245 e. The van der Waals surface area contributed by atoms with Crippen molar-refractivity contribution in [1.29, 1.82) is 0 Å². The highest BCUT2D eigenvalue weighted by molar-refractivity contribution is 7.89. The fourth-order valence-electron chi connectivity index (χ4n) is 1.48. The van der Waals surface area contributed by atoms with E-state index >= 15 is 0 Å². The van der Waals surface area contributed by atoms with E-state index in [0.717, 1.165) is 6.07 Å². The fourth-order valence-corrected chi connectivity index (χ4v) is 3.15. The number of hydrogen-bond acceptors (Lipinski definition) is 2. The first-order valence-electron chi connectivity index (χ1n) is 5.34. The van der Waals surface area contributed by atoms with Crippen molar-refractivity contribution in [2.45, 2.75) is 18.2 Å². The van der Waals surface area contributed by atoms with E-state index in [-0.39, 0.29) is 4.90 Å². The van der Waals surface area contributed by atoms with E-state index in [1.165, 1.54) is 22.5 Å². The summed E-state index contributed by atoms with van der Waals surface area (Å²) in [5.74, 6) is -0.347. The lowest BCUT2D eigenvalue weighted by Crippen LogP contribution is -2.32. The van der Waals surface area contributed by atoms with Crippen molar-refractivity contribution in [2.24, 2.45) is 0 Å². The Bertz CT molecular complexity index is 464. The van der Waals surface area contributed by atoms with Gasteiger partial charge in [0.15, 0.2) is 0 Å². The van der Waals surface area contributed by atoms with Crippen LogP contribution in [0.1, 0.15) is 13.3 Å². The highest BCUT2D eigenvalue weighted by atomic mass is 35.5. The van der Waals surface area contributed by atoms with Crippen LogP contribution in [0.2, 0.25) is 0 Å². The maximum atomic E-state index is 13.5. The minimum absolute atomic E-state index is 0.281. The van der Waals surface area contributed by atoms with E-state index in [0.29, 0.717) is 25.4 Å². The van der Waals surface area contributed by atoms with Gasteiger partial charge in [0.1, 0.15) is 10.7 Å². The van der Waals surface area contributed by atoms with Crippen molar-refractivity contribution in [2.75, 3.05) is 19.0 Å². The Morgan fingerprint density at radius 3 is 2.53 bits per heavy atom. The Morgan fingerprint density at radius 2 is 2.00 bits per heavy atom. The zero-order valence-corrected chi connectivity index (χ0v) is 11.1. The molecule has 96 valence electrons. The molecule has 0 aliphatic carbocycles. The lowest BCUT2D eigenvalue weighted by Gasteiger charge is -2.20. The summed E-state index contributed by atoms with van der Waals surface area (Å²) in [5.41, 5.74) is 0. The molecule has 0 unspecified atom stereocenters. The molecule has 1 rings (SSSR count). The van der Waals surface area contributed by atoms with Gasteiger partial charge in [-0.3, -0.25) is 0 Å². The molecule has 0 fully saturated rings. The van der Waals surface area contributed by atoms with Crippen LogP contribution in [-0.4, -0.2) is 31.7 Å². The van der Waals surface area contributed by atoms with Gasteiger partial charge in [-0.25, -0.2) is 12.8 Å². The van der Waals surface area contributed by atoms with Gasteiger partial charge in [-0.05, 0) is 18.6 Å². The van der Waals surface area contributed by atoms with Crippen LogP contribution in [0.3, 0.4) is 0 Å². The van der Waals surface area contributed by atoms with E-state index in [1.807, 2.05) is 0 Å². The zero-order chi connectivity index (χ0) is 12.9. The van der Waals surface area contributed by atoms with Gasteiger partial charge in [-0.2, -0.15) is 4.31 Å². The maximum Gasteiger partial charge on any atom is 0.245 e. The maximum absolute atomic E-state index is 13.5. The second kappa shape index (κ2) is 6.33. The van der Waals surface area contributed by atoms with E-state index in [4.69, 9.17) is 11.6 Å². The second-order valence-corrected chi connectivity index (χ2v) is 5.75. The first-order chi connectivity index (χ1) is 8.04. The monoisotopic (exact) mass is 279 g/mol. The van der Waals surface area contributed by atoms with Crippen molar-refractivity contribution in [1.82, 2.24) is 4.31 Å². The molecule has 0 spiro atoms. The minimum Gasteiger partial charge on any atom is -0.207 e. The third-order valence-electron chi connectivity index (χ3n) is 2.35. The Hall–Kier alpha value is -0.650. The molecule has 0 heterocycles. The lowest BCUT2D eigenvalue weighted by atomic mass is 10.3. The highest BCUT2D eigenvalue weighted by Crippen LogP contribution is 2.18. The topological polar surface area (TPSA) is 37.4 Å². The molecule has 3 nitrogen and oxygen atoms in total. The van der Waals surface area contributed by atoms with Crippen LogP contribution in [0.5, 0.6) is 0 Å². The van der Waals surface area contributed by atoms with E-state index in [1.54, 1.807) is 6.92 Å². The molecule has 1 aromatic carbocycles. The third kappa shape index (κ3) is 3.40. The number of rotatable bonds is 6. The molecule has 1 aromatic rings. The molecule has 0 aromatic heterocycles. The molecule has 0 aliphatic heterocycles. The van der Waals surface area contributed by atoms with E-state index < -0.39 is 15.8 Å². The number of alkyl halides is 1. The predicted octanol–water partition coefficient (Wildman–Crippen LogP) is 2.47. The normalized spacial score (nSPS) is 12.0. The summed E-state index contributed by atoms with van der Waals surface area (Å²) in [6, 6.07) is 5.38. The van der Waals surface area contributed by atoms with Gasteiger partial charge in [-0.15, -0.1) is 11.6 Å². The van der Waals surface area contributed by atoms with Gasteiger partial charge in [0, 0.05) is 19.0 Å². The Kier molecular flexibility index (Phi) is 5.36. The molecular formula is C11H15ClFNO2S. The van der Waals surface area contributed by atoms with Gasteiger partial charge in [0.2, 0.25) is 10.0 Å². The lowest BCUT2D eigenvalue weighted by molar-refractivity contribution is 0.423. The van der Waals surface area contributed by atoms with Crippen LogP contribution in [0.4, 0.5) is 4.39 Å². The average Bonchev–Trinajstić information content (AvgIpc) is 2.30. The summed E-state index contributed by atoms with van der Waals surface area (Å²) in [7, 11) is -3.75. The van der Waals surface area contributed by atoms with E-state index in [9.17, 15) is 12.8 Å². The van der Waals surface area contributed by atoms with Crippen LogP contribution in [0.15, 0.2) is 29.2 Å². The van der Waals surface area contributed by atoms with Crippen molar-refractivity contribution in [3.8, 4) is 0 Å². The first kappa shape index (κ1) is 14.4. The van der Waals surface area contributed by atoms with Crippen molar-refractivity contribution in [3.05, 3.63) is 30.1 Å². The Morgan fingerprint density at radius 1 is 1.35 bits per heavy atom. The summed E-state index contributed by atoms with van der Waals surface area (Å²) >= 11 is 5.53. The predicted molar refractivity (Wildman–Crippen MR) is 66.2 cm³/mol. The number of nitrogens with zero attached hydrogens (tertiary/aromatic N) is 1. The SMILES string of the molecule is CCN(CCCCl)S(=O)(=O)c1ccccc1F. The average molecular weight is 280 g/mol. The number of hydrogen-bond donors (Lipinski definition) is 0. The van der Waals surface area contributed by atoms with Gasteiger partial charge in [-0.1, -0.05) is 19.1 Å². The number of benzene rings is 1. The summed E-state index contributed by atoms with van der Waals surface area (Å²) in [5, 5.41) is 0.